The zero-order valence-electron chi connectivity index (χ0n) is 17.1. The molecule has 4 aromatic carbocycles. The van der Waals surface area contributed by atoms with Crippen LogP contribution < -0.4 is 14.9 Å². The minimum atomic E-state index is -0.291. The maximum atomic E-state index is 12.3. The third-order valence-corrected chi connectivity index (χ3v) is 4.81. The molecule has 1 N–H and O–H groups in total. The molecule has 0 saturated carbocycles. The average Bonchev–Trinajstić information content (AvgIpc) is 2.83. The van der Waals surface area contributed by atoms with E-state index in [4.69, 9.17) is 9.47 Å². The highest BCUT2D eigenvalue weighted by atomic mass is 16.5. The first-order chi connectivity index (χ1) is 15.2. The van der Waals surface area contributed by atoms with Crippen molar-refractivity contribution in [3.05, 3.63) is 108 Å². The van der Waals surface area contributed by atoms with Gasteiger partial charge in [-0.25, -0.2) is 5.43 Å². The van der Waals surface area contributed by atoms with Crippen LogP contribution in [-0.2, 0) is 6.61 Å². The lowest BCUT2D eigenvalue weighted by Crippen LogP contribution is -2.17. The summed E-state index contributed by atoms with van der Waals surface area (Å²) < 4.78 is 11.0. The fourth-order valence-electron chi connectivity index (χ4n) is 3.15. The Kier molecular flexibility index (Phi) is 6.24. The first-order valence-corrected chi connectivity index (χ1v) is 9.89. The maximum absolute atomic E-state index is 12.3. The van der Waals surface area contributed by atoms with Crippen LogP contribution in [0.3, 0.4) is 0 Å². The minimum Gasteiger partial charge on any atom is -0.497 e. The van der Waals surface area contributed by atoms with Gasteiger partial charge in [0.05, 0.1) is 13.3 Å². The van der Waals surface area contributed by atoms with Crippen LogP contribution in [0.25, 0.3) is 10.8 Å². The van der Waals surface area contributed by atoms with E-state index in [1.165, 1.54) is 10.8 Å². The van der Waals surface area contributed by atoms with E-state index in [0.29, 0.717) is 17.9 Å². The molecule has 5 heteroatoms. The third kappa shape index (κ3) is 5.28. The monoisotopic (exact) mass is 410 g/mol. The molecular weight excluding hydrogens is 388 g/mol. The Morgan fingerprint density at radius 2 is 1.68 bits per heavy atom. The largest absolute Gasteiger partial charge is 0.497 e. The van der Waals surface area contributed by atoms with Crippen LogP contribution in [0.2, 0.25) is 0 Å². The summed E-state index contributed by atoms with van der Waals surface area (Å²) in [6.45, 7) is 0.460. The Labute approximate surface area is 180 Å². The lowest BCUT2D eigenvalue weighted by Gasteiger charge is -2.08. The lowest BCUT2D eigenvalue weighted by molar-refractivity contribution is 0.0955. The number of ether oxygens (including phenoxy) is 2. The van der Waals surface area contributed by atoms with Gasteiger partial charge in [0.15, 0.2) is 0 Å². The molecule has 0 aliphatic rings. The second-order valence-corrected chi connectivity index (χ2v) is 6.97. The van der Waals surface area contributed by atoms with Gasteiger partial charge in [0, 0.05) is 5.56 Å². The van der Waals surface area contributed by atoms with Crippen LogP contribution in [0, 0.1) is 0 Å². The molecule has 0 unspecified atom stereocenters. The van der Waals surface area contributed by atoms with Gasteiger partial charge in [-0.05, 0) is 64.4 Å². The second-order valence-electron chi connectivity index (χ2n) is 6.97. The first-order valence-electron chi connectivity index (χ1n) is 9.89. The molecule has 0 aromatic heterocycles. The molecule has 154 valence electrons. The van der Waals surface area contributed by atoms with Crippen LogP contribution in [0.5, 0.6) is 11.5 Å². The van der Waals surface area contributed by atoms with E-state index in [2.05, 4.69) is 40.9 Å². The predicted octanol–water partition coefficient (Wildman–Crippen LogP) is 5.19. The van der Waals surface area contributed by atoms with Crippen LogP contribution in [0.15, 0.2) is 96.1 Å². The van der Waals surface area contributed by atoms with E-state index in [9.17, 15) is 4.79 Å². The van der Waals surface area contributed by atoms with Gasteiger partial charge in [0.2, 0.25) is 0 Å². The summed E-state index contributed by atoms with van der Waals surface area (Å²) in [7, 11) is 1.60. The van der Waals surface area contributed by atoms with Crippen molar-refractivity contribution >= 4 is 22.9 Å². The predicted molar refractivity (Wildman–Crippen MR) is 123 cm³/mol. The van der Waals surface area contributed by atoms with Crippen LogP contribution >= 0.6 is 0 Å². The van der Waals surface area contributed by atoms with Crippen LogP contribution in [0.4, 0.5) is 0 Å². The Balaban J connectivity index is 1.32. The topological polar surface area (TPSA) is 59.9 Å². The fourth-order valence-corrected chi connectivity index (χ4v) is 3.15. The highest BCUT2D eigenvalue weighted by Crippen LogP contribution is 2.18. The molecule has 4 rings (SSSR count). The number of methoxy groups -OCH3 is 1. The molecule has 0 fully saturated rings. The molecule has 5 nitrogen and oxygen atoms in total. The first kappa shape index (κ1) is 20.2. The number of hydrogen-bond donors (Lipinski definition) is 1. The number of fused-ring (bicyclic) bond motifs is 1. The van der Waals surface area contributed by atoms with Gasteiger partial charge in [-0.3, -0.25) is 4.79 Å². The molecule has 0 heterocycles. The van der Waals surface area contributed by atoms with E-state index >= 15 is 0 Å². The lowest BCUT2D eigenvalue weighted by atomic mass is 10.1. The van der Waals surface area contributed by atoms with Crippen molar-refractivity contribution in [2.45, 2.75) is 6.61 Å². The van der Waals surface area contributed by atoms with Crippen molar-refractivity contribution in [2.24, 2.45) is 5.10 Å². The summed E-state index contributed by atoms with van der Waals surface area (Å²) in [6.07, 6.45) is 1.57. The van der Waals surface area contributed by atoms with Crippen molar-refractivity contribution in [1.29, 1.82) is 0 Å². The summed E-state index contributed by atoms with van der Waals surface area (Å²) in [5, 5.41) is 6.39. The molecule has 0 saturated heterocycles. The van der Waals surface area contributed by atoms with Gasteiger partial charge >= 0.3 is 0 Å². The van der Waals surface area contributed by atoms with Crippen molar-refractivity contribution < 1.29 is 14.3 Å². The number of amides is 1. The van der Waals surface area contributed by atoms with Gasteiger partial charge in [0.25, 0.3) is 5.91 Å². The van der Waals surface area contributed by atoms with E-state index in [1.807, 2.05) is 36.4 Å². The number of hydrazone groups is 1. The Hall–Kier alpha value is -4.12. The van der Waals surface area contributed by atoms with Crippen LogP contribution in [-0.4, -0.2) is 19.2 Å². The van der Waals surface area contributed by atoms with Gasteiger partial charge in [-0.1, -0.05) is 48.5 Å². The number of carbonyl (C=O) groups excluding carboxylic acids is 1. The zero-order valence-corrected chi connectivity index (χ0v) is 17.1. The van der Waals surface area contributed by atoms with E-state index in [-0.39, 0.29) is 5.91 Å². The Bertz CT molecular complexity index is 1220. The van der Waals surface area contributed by atoms with Gasteiger partial charge in [-0.15, -0.1) is 0 Å². The molecule has 0 bridgehead atoms. The molecule has 0 atom stereocenters. The maximum Gasteiger partial charge on any atom is 0.271 e. The molecule has 0 aliphatic carbocycles. The highest BCUT2D eigenvalue weighted by molar-refractivity contribution is 5.95. The van der Waals surface area contributed by atoms with E-state index < -0.39 is 0 Å². The van der Waals surface area contributed by atoms with Gasteiger partial charge < -0.3 is 9.47 Å². The summed E-state index contributed by atoms with van der Waals surface area (Å²) in [5.41, 5.74) is 4.95. The summed E-state index contributed by atoms with van der Waals surface area (Å²) >= 11 is 0. The number of nitrogens with one attached hydrogen (secondary N) is 1. The summed E-state index contributed by atoms with van der Waals surface area (Å²) in [5.74, 6) is 1.14. The molecule has 0 radical (unpaired) electrons. The molecule has 1 amide bonds. The number of hydrogen-bond acceptors (Lipinski definition) is 4. The minimum absolute atomic E-state index is 0.291. The van der Waals surface area contributed by atoms with Gasteiger partial charge in [-0.2, -0.15) is 5.10 Å². The molecular formula is C26H22N2O3. The smallest absolute Gasteiger partial charge is 0.271 e. The average molecular weight is 410 g/mol. The van der Waals surface area contributed by atoms with Crippen molar-refractivity contribution in [1.82, 2.24) is 5.43 Å². The molecule has 0 aliphatic heterocycles. The standard InChI is InChI=1S/C26H22N2O3/c1-30-25-8-4-5-19(16-25)17-27-28-26(29)22-11-13-24(14-12-22)31-18-20-9-10-21-6-2-3-7-23(21)15-20/h2-17H,18H2,1H3,(H,28,29)/b27-17+. The van der Waals surface area contributed by atoms with Crippen LogP contribution in [0.1, 0.15) is 21.5 Å². The Morgan fingerprint density at radius 3 is 2.48 bits per heavy atom. The van der Waals surface area contributed by atoms with Crippen molar-refractivity contribution in [3.8, 4) is 11.5 Å². The molecule has 31 heavy (non-hydrogen) atoms. The third-order valence-electron chi connectivity index (χ3n) is 4.81. The molecule has 4 aromatic rings. The van der Waals surface area contributed by atoms with E-state index in [1.54, 1.807) is 37.6 Å². The summed E-state index contributed by atoms with van der Waals surface area (Å²) in [6, 6.07) is 28.9. The zero-order chi connectivity index (χ0) is 21.5. The number of benzene rings is 4. The SMILES string of the molecule is COc1cccc(/C=N/NC(=O)c2ccc(OCc3ccc4ccccc4c3)cc2)c1. The highest BCUT2D eigenvalue weighted by Gasteiger charge is 2.05. The second kappa shape index (κ2) is 9.59. The van der Waals surface area contributed by atoms with Crippen molar-refractivity contribution in [3.63, 3.8) is 0 Å². The Morgan fingerprint density at radius 1 is 0.871 bits per heavy atom. The van der Waals surface area contributed by atoms with E-state index in [0.717, 1.165) is 16.9 Å². The van der Waals surface area contributed by atoms with Gasteiger partial charge in [0.1, 0.15) is 18.1 Å². The molecule has 0 spiro atoms. The van der Waals surface area contributed by atoms with Crippen molar-refractivity contribution in [2.75, 3.05) is 7.11 Å². The number of rotatable bonds is 7. The quantitative estimate of drug-likeness (QED) is 0.337. The number of carbonyl (C=O) groups is 1. The number of nitrogens with zero attached hydrogens (tertiary/aromatic N) is 1. The summed E-state index contributed by atoms with van der Waals surface area (Å²) in [4.78, 5) is 12.3. The normalized spacial score (nSPS) is 10.9. The fraction of sp³-hybridized carbons (Fsp3) is 0.0769.